The van der Waals surface area contributed by atoms with E-state index < -0.39 is 30.5 Å². The van der Waals surface area contributed by atoms with E-state index in [2.05, 4.69) is 9.72 Å². The van der Waals surface area contributed by atoms with Gasteiger partial charge in [-0.15, -0.1) is 0 Å². The Kier molecular flexibility index (Phi) is 4.74. The number of carbonyl (C=O) groups is 1. The quantitative estimate of drug-likeness (QED) is 0.622. The Bertz CT molecular complexity index is 426. The normalized spacial score (nSPS) is 10.7. The molecule has 94 valence electrons. The van der Waals surface area contributed by atoms with E-state index in [9.17, 15) is 18.0 Å². The van der Waals surface area contributed by atoms with Gasteiger partial charge in [0.1, 0.15) is 5.69 Å². The van der Waals surface area contributed by atoms with E-state index in [1.807, 2.05) is 0 Å². The number of hydrogen-bond acceptors (Lipinski definition) is 3. The second kappa shape index (κ2) is 5.86. The summed E-state index contributed by atoms with van der Waals surface area (Å²) in [7, 11) is 0. The van der Waals surface area contributed by atoms with Crippen molar-refractivity contribution in [1.82, 2.24) is 4.98 Å². The topological polar surface area (TPSA) is 39.2 Å². The average Bonchev–Trinajstić information content (AvgIpc) is 2.22. The summed E-state index contributed by atoms with van der Waals surface area (Å²) < 4.78 is 42.5. The molecule has 0 aromatic carbocycles. The first-order valence-electron chi connectivity index (χ1n) is 4.74. The number of esters is 1. The Morgan fingerprint density at radius 3 is 2.76 bits per heavy atom. The van der Waals surface area contributed by atoms with Gasteiger partial charge in [0, 0.05) is 5.56 Å². The van der Waals surface area contributed by atoms with Crippen LogP contribution < -0.4 is 0 Å². The van der Waals surface area contributed by atoms with Gasteiger partial charge in [-0.25, -0.2) is 13.8 Å². The van der Waals surface area contributed by atoms with Gasteiger partial charge in [-0.2, -0.15) is 4.39 Å². The molecule has 1 aromatic rings. The fourth-order valence-electron chi connectivity index (χ4n) is 1.16. The lowest BCUT2D eigenvalue weighted by Crippen LogP contribution is -2.10. The zero-order chi connectivity index (χ0) is 13.0. The summed E-state index contributed by atoms with van der Waals surface area (Å²) in [6.07, 6.45) is -3.36. The fourth-order valence-corrected chi connectivity index (χ4v) is 1.42. The van der Waals surface area contributed by atoms with Crippen LogP contribution >= 0.6 is 11.6 Å². The van der Waals surface area contributed by atoms with Gasteiger partial charge in [-0.05, 0) is 13.0 Å². The van der Waals surface area contributed by atoms with Crippen LogP contribution in [0.4, 0.5) is 13.2 Å². The van der Waals surface area contributed by atoms with Gasteiger partial charge in [0.2, 0.25) is 5.95 Å². The number of ether oxygens (including phenoxy) is 1. The third-order valence-electron chi connectivity index (χ3n) is 1.88. The van der Waals surface area contributed by atoms with Gasteiger partial charge in [-0.1, -0.05) is 11.6 Å². The number of carbonyl (C=O) groups excluding carboxylic acids is 1. The molecular formula is C10H9ClF3NO2. The van der Waals surface area contributed by atoms with Gasteiger partial charge >= 0.3 is 5.97 Å². The number of nitrogens with zero attached hydrogens (tertiary/aromatic N) is 1. The maximum atomic E-state index is 13.3. The highest BCUT2D eigenvalue weighted by molar-refractivity contribution is 6.31. The molecule has 0 aliphatic rings. The third-order valence-corrected chi connectivity index (χ3v) is 2.18. The van der Waals surface area contributed by atoms with Crippen LogP contribution in [-0.4, -0.2) is 17.6 Å². The smallest absolute Gasteiger partial charge is 0.310 e. The summed E-state index contributed by atoms with van der Waals surface area (Å²) >= 11 is 5.50. The first-order chi connectivity index (χ1) is 7.95. The second-order valence-corrected chi connectivity index (χ2v) is 3.50. The Balaban J connectivity index is 2.95. The van der Waals surface area contributed by atoms with Crippen LogP contribution in [0.2, 0.25) is 5.02 Å². The molecule has 17 heavy (non-hydrogen) atoms. The van der Waals surface area contributed by atoms with Crippen molar-refractivity contribution in [1.29, 1.82) is 0 Å². The number of halogens is 4. The van der Waals surface area contributed by atoms with Gasteiger partial charge in [0.15, 0.2) is 0 Å². The molecule has 1 aromatic heterocycles. The molecule has 0 saturated carbocycles. The van der Waals surface area contributed by atoms with Crippen molar-refractivity contribution in [2.24, 2.45) is 0 Å². The van der Waals surface area contributed by atoms with Gasteiger partial charge < -0.3 is 4.74 Å². The van der Waals surface area contributed by atoms with E-state index in [0.717, 1.165) is 6.07 Å². The van der Waals surface area contributed by atoms with Crippen molar-refractivity contribution in [2.45, 2.75) is 19.8 Å². The zero-order valence-electron chi connectivity index (χ0n) is 8.84. The van der Waals surface area contributed by atoms with Crippen LogP contribution in [0.1, 0.15) is 24.6 Å². The molecule has 1 heterocycles. The third kappa shape index (κ3) is 3.59. The van der Waals surface area contributed by atoms with Crippen LogP contribution in [0.25, 0.3) is 0 Å². The van der Waals surface area contributed by atoms with E-state index >= 15 is 0 Å². The molecule has 3 nitrogen and oxygen atoms in total. The highest BCUT2D eigenvalue weighted by atomic mass is 35.5. The maximum Gasteiger partial charge on any atom is 0.310 e. The van der Waals surface area contributed by atoms with Crippen LogP contribution in [0.15, 0.2) is 6.07 Å². The van der Waals surface area contributed by atoms with Crippen LogP contribution in [0, 0.1) is 5.95 Å². The lowest BCUT2D eigenvalue weighted by atomic mass is 10.2. The van der Waals surface area contributed by atoms with E-state index in [1.54, 1.807) is 6.92 Å². The SMILES string of the molecule is CCOC(=O)Cc1cc(Cl)c(C(F)F)nc1F. The van der Waals surface area contributed by atoms with Gasteiger partial charge in [0.05, 0.1) is 18.1 Å². The number of hydrogen-bond donors (Lipinski definition) is 0. The standard InChI is InChI=1S/C10H9ClF3NO2/c1-2-17-7(16)4-5-3-6(11)8(9(12)13)15-10(5)14/h3,9H,2,4H2,1H3. The van der Waals surface area contributed by atoms with Crippen molar-refractivity contribution < 1.29 is 22.7 Å². The monoisotopic (exact) mass is 267 g/mol. The largest absolute Gasteiger partial charge is 0.466 e. The number of aromatic nitrogens is 1. The predicted octanol–water partition coefficient (Wildman–Crippen LogP) is 2.92. The Labute approximate surface area is 101 Å². The molecule has 0 fully saturated rings. The Morgan fingerprint density at radius 1 is 1.59 bits per heavy atom. The van der Waals surface area contributed by atoms with Gasteiger partial charge in [0.25, 0.3) is 6.43 Å². The maximum absolute atomic E-state index is 13.3. The molecule has 0 saturated heterocycles. The molecule has 0 amide bonds. The minimum Gasteiger partial charge on any atom is -0.466 e. The summed E-state index contributed by atoms with van der Waals surface area (Å²) in [4.78, 5) is 14.1. The van der Waals surface area contributed by atoms with Crippen molar-refractivity contribution in [2.75, 3.05) is 6.61 Å². The number of alkyl halides is 2. The first-order valence-corrected chi connectivity index (χ1v) is 5.12. The second-order valence-electron chi connectivity index (χ2n) is 3.09. The Hall–Kier alpha value is -1.30. The van der Waals surface area contributed by atoms with Crippen molar-refractivity contribution in [3.63, 3.8) is 0 Å². The lowest BCUT2D eigenvalue weighted by Gasteiger charge is -2.07. The average molecular weight is 268 g/mol. The number of pyridine rings is 1. The predicted molar refractivity (Wildman–Crippen MR) is 54.5 cm³/mol. The molecule has 0 radical (unpaired) electrons. The lowest BCUT2D eigenvalue weighted by molar-refractivity contribution is -0.142. The van der Waals surface area contributed by atoms with Gasteiger partial charge in [-0.3, -0.25) is 4.79 Å². The minimum atomic E-state index is -2.96. The van der Waals surface area contributed by atoms with Crippen LogP contribution in [-0.2, 0) is 16.0 Å². The summed E-state index contributed by atoms with van der Waals surface area (Å²) in [5, 5.41) is -0.374. The molecule has 0 spiro atoms. The van der Waals surface area contributed by atoms with E-state index in [4.69, 9.17) is 11.6 Å². The van der Waals surface area contributed by atoms with E-state index in [1.165, 1.54) is 0 Å². The molecular weight excluding hydrogens is 259 g/mol. The molecule has 0 aliphatic carbocycles. The molecule has 0 atom stereocenters. The molecule has 0 bridgehead atoms. The first kappa shape index (κ1) is 13.8. The summed E-state index contributed by atoms with van der Waals surface area (Å²) in [6, 6.07) is 0.961. The summed E-state index contributed by atoms with van der Waals surface area (Å²) in [5.41, 5.74) is -1.00. The minimum absolute atomic E-state index is 0.150. The molecule has 7 heteroatoms. The summed E-state index contributed by atoms with van der Waals surface area (Å²) in [5.74, 6) is -1.81. The van der Waals surface area contributed by atoms with Crippen molar-refractivity contribution in [3.05, 3.63) is 28.3 Å². The molecule has 1 rings (SSSR count). The number of rotatable bonds is 4. The van der Waals surface area contributed by atoms with Crippen molar-refractivity contribution >= 4 is 17.6 Å². The van der Waals surface area contributed by atoms with Crippen LogP contribution in [0.5, 0.6) is 0 Å². The molecule has 0 N–H and O–H groups in total. The summed E-state index contributed by atoms with van der Waals surface area (Å²) in [6.45, 7) is 1.75. The van der Waals surface area contributed by atoms with Crippen LogP contribution in [0.3, 0.4) is 0 Å². The fraction of sp³-hybridized carbons (Fsp3) is 0.400. The molecule has 0 unspecified atom stereocenters. The zero-order valence-corrected chi connectivity index (χ0v) is 9.60. The molecule has 0 aliphatic heterocycles. The van der Waals surface area contributed by atoms with E-state index in [0.29, 0.717) is 0 Å². The highest BCUT2D eigenvalue weighted by Crippen LogP contribution is 2.26. The van der Waals surface area contributed by atoms with E-state index in [-0.39, 0.29) is 17.2 Å². The van der Waals surface area contributed by atoms with Crippen molar-refractivity contribution in [3.8, 4) is 0 Å². The highest BCUT2D eigenvalue weighted by Gasteiger charge is 2.19. The Morgan fingerprint density at radius 2 is 2.24 bits per heavy atom.